The molecule has 1 heterocycles. The van der Waals surface area contributed by atoms with Gasteiger partial charge in [-0.15, -0.1) is 0 Å². The zero-order valence-corrected chi connectivity index (χ0v) is 14.0. The SMILES string of the molecule is CCC(NC(=O)c1cc(-c2ccc(Cl)cc2)n[nH]1)c1ccccc1. The molecule has 24 heavy (non-hydrogen) atoms. The summed E-state index contributed by atoms with van der Waals surface area (Å²) in [5, 5.41) is 10.7. The summed E-state index contributed by atoms with van der Waals surface area (Å²) in [5.74, 6) is -0.168. The molecule has 0 fully saturated rings. The van der Waals surface area contributed by atoms with Crippen LogP contribution in [0.2, 0.25) is 5.02 Å². The zero-order chi connectivity index (χ0) is 16.9. The molecular weight excluding hydrogens is 322 g/mol. The zero-order valence-electron chi connectivity index (χ0n) is 13.3. The Hall–Kier alpha value is -2.59. The molecule has 0 bridgehead atoms. The van der Waals surface area contributed by atoms with Gasteiger partial charge in [-0.1, -0.05) is 61.0 Å². The molecule has 2 N–H and O–H groups in total. The summed E-state index contributed by atoms with van der Waals surface area (Å²) in [7, 11) is 0. The number of halogens is 1. The minimum atomic E-state index is -0.168. The fraction of sp³-hybridized carbons (Fsp3) is 0.158. The van der Waals surface area contributed by atoms with Gasteiger partial charge in [0.05, 0.1) is 11.7 Å². The van der Waals surface area contributed by atoms with Crippen molar-refractivity contribution in [3.8, 4) is 11.3 Å². The van der Waals surface area contributed by atoms with Crippen molar-refractivity contribution < 1.29 is 4.79 Å². The first-order valence-corrected chi connectivity index (χ1v) is 8.22. The molecular formula is C19H18ClN3O. The monoisotopic (exact) mass is 339 g/mol. The van der Waals surface area contributed by atoms with Crippen LogP contribution in [0.4, 0.5) is 0 Å². The number of nitrogens with zero attached hydrogens (tertiary/aromatic N) is 1. The summed E-state index contributed by atoms with van der Waals surface area (Å²) >= 11 is 5.89. The van der Waals surface area contributed by atoms with Gasteiger partial charge in [0.15, 0.2) is 0 Å². The topological polar surface area (TPSA) is 57.8 Å². The van der Waals surface area contributed by atoms with E-state index >= 15 is 0 Å². The number of aromatic amines is 1. The van der Waals surface area contributed by atoms with Crippen molar-refractivity contribution in [2.24, 2.45) is 0 Å². The maximum absolute atomic E-state index is 12.5. The highest BCUT2D eigenvalue weighted by Gasteiger charge is 2.16. The summed E-state index contributed by atoms with van der Waals surface area (Å²) in [6.07, 6.45) is 0.813. The smallest absolute Gasteiger partial charge is 0.269 e. The fourth-order valence-corrected chi connectivity index (χ4v) is 2.68. The first kappa shape index (κ1) is 16.3. The predicted octanol–water partition coefficient (Wildman–Crippen LogP) is 4.61. The third-order valence-corrected chi connectivity index (χ3v) is 4.13. The van der Waals surface area contributed by atoms with Crippen LogP contribution in [0.1, 0.15) is 35.4 Å². The third kappa shape index (κ3) is 3.66. The number of hydrogen-bond acceptors (Lipinski definition) is 2. The molecule has 0 spiro atoms. The summed E-state index contributed by atoms with van der Waals surface area (Å²) in [6, 6.07) is 19.0. The van der Waals surface area contributed by atoms with Gasteiger partial charge in [-0.2, -0.15) is 5.10 Å². The standard InChI is InChI=1S/C19H18ClN3O/c1-2-16(13-6-4-3-5-7-13)21-19(24)18-12-17(22-23-18)14-8-10-15(20)11-9-14/h3-12,16H,2H2,1H3,(H,21,24)(H,22,23). The number of aromatic nitrogens is 2. The molecule has 3 aromatic rings. The van der Waals surface area contributed by atoms with Crippen LogP contribution in [0.5, 0.6) is 0 Å². The Morgan fingerprint density at radius 1 is 1.17 bits per heavy atom. The van der Waals surface area contributed by atoms with Gasteiger partial charge in [-0.3, -0.25) is 9.89 Å². The van der Waals surface area contributed by atoms with Crippen molar-refractivity contribution >= 4 is 17.5 Å². The van der Waals surface area contributed by atoms with Crippen molar-refractivity contribution in [1.82, 2.24) is 15.5 Å². The summed E-state index contributed by atoms with van der Waals surface area (Å²) in [4.78, 5) is 12.5. The number of hydrogen-bond donors (Lipinski definition) is 2. The van der Waals surface area contributed by atoms with Crippen LogP contribution in [-0.4, -0.2) is 16.1 Å². The average molecular weight is 340 g/mol. The molecule has 1 aromatic heterocycles. The van der Waals surface area contributed by atoms with Crippen molar-refractivity contribution in [2.75, 3.05) is 0 Å². The number of amides is 1. The Labute approximate surface area is 145 Å². The minimum absolute atomic E-state index is 0.0269. The summed E-state index contributed by atoms with van der Waals surface area (Å²) < 4.78 is 0. The Balaban J connectivity index is 1.75. The van der Waals surface area contributed by atoms with E-state index in [1.807, 2.05) is 49.4 Å². The molecule has 5 heteroatoms. The molecule has 0 radical (unpaired) electrons. The minimum Gasteiger partial charge on any atom is -0.344 e. The Kier molecular flexibility index (Phi) is 4.96. The first-order valence-electron chi connectivity index (χ1n) is 7.84. The lowest BCUT2D eigenvalue weighted by molar-refractivity contribution is 0.0930. The lowest BCUT2D eigenvalue weighted by Gasteiger charge is -2.16. The molecule has 0 saturated heterocycles. The summed E-state index contributed by atoms with van der Waals surface area (Å²) in [6.45, 7) is 2.05. The van der Waals surface area contributed by atoms with E-state index in [4.69, 9.17) is 11.6 Å². The lowest BCUT2D eigenvalue weighted by atomic mass is 10.0. The van der Waals surface area contributed by atoms with E-state index in [0.29, 0.717) is 16.4 Å². The molecule has 1 atom stereocenters. The second kappa shape index (κ2) is 7.32. The molecule has 4 nitrogen and oxygen atoms in total. The average Bonchev–Trinajstić information content (AvgIpc) is 3.11. The van der Waals surface area contributed by atoms with Gasteiger partial charge in [0.2, 0.25) is 0 Å². The van der Waals surface area contributed by atoms with Gasteiger partial charge in [0.25, 0.3) is 5.91 Å². The van der Waals surface area contributed by atoms with Crippen molar-refractivity contribution in [3.05, 3.63) is 76.9 Å². The Morgan fingerprint density at radius 2 is 1.88 bits per heavy atom. The molecule has 1 unspecified atom stereocenters. The maximum Gasteiger partial charge on any atom is 0.269 e. The highest BCUT2D eigenvalue weighted by atomic mass is 35.5. The van der Waals surface area contributed by atoms with Crippen LogP contribution < -0.4 is 5.32 Å². The Bertz CT molecular complexity index is 812. The molecule has 2 aromatic carbocycles. The number of H-pyrrole nitrogens is 1. The van der Waals surface area contributed by atoms with E-state index in [-0.39, 0.29) is 11.9 Å². The van der Waals surface area contributed by atoms with Gasteiger partial charge < -0.3 is 5.32 Å². The molecule has 3 rings (SSSR count). The molecule has 0 aliphatic heterocycles. The number of carbonyl (C=O) groups excluding carboxylic acids is 1. The second-order valence-electron chi connectivity index (χ2n) is 5.52. The van der Waals surface area contributed by atoms with Crippen molar-refractivity contribution in [1.29, 1.82) is 0 Å². The quantitative estimate of drug-likeness (QED) is 0.713. The molecule has 0 aliphatic carbocycles. The van der Waals surface area contributed by atoms with Crippen LogP contribution in [0, 0.1) is 0 Å². The predicted molar refractivity (Wildman–Crippen MR) is 96.0 cm³/mol. The number of benzene rings is 2. The highest BCUT2D eigenvalue weighted by Crippen LogP contribution is 2.21. The summed E-state index contributed by atoms with van der Waals surface area (Å²) in [5.41, 5.74) is 3.15. The highest BCUT2D eigenvalue weighted by molar-refractivity contribution is 6.30. The van der Waals surface area contributed by atoms with Crippen LogP contribution in [0.25, 0.3) is 11.3 Å². The van der Waals surface area contributed by atoms with E-state index in [9.17, 15) is 4.79 Å². The Morgan fingerprint density at radius 3 is 2.54 bits per heavy atom. The van der Waals surface area contributed by atoms with E-state index in [2.05, 4.69) is 15.5 Å². The van der Waals surface area contributed by atoms with Crippen LogP contribution in [0.3, 0.4) is 0 Å². The van der Waals surface area contributed by atoms with E-state index in [1.165, 1.54) is 0 Å². The first-order chi connectivity index (χ1) is 11.7. The van der Waals surface area contributed by atoms with Crippen molar-refractivity contribution in [2.45, 2.75) is 19.4 Å². The fourth-order valence-electron chi connectivity index (χ4n) is 2.55. The van der Waals surface area contributed by atoms with E-state index < -0.39 is 0 Å². The number of nitrogens with one attached hydrogen (secondary N) is 2. The maximum atomic E-state index is 12.5. The normalized spacial score (nSPS) is 11.9. The van der Waals surface area contributed by atoms with Crippen LogP contribution in [-0.2, 0) is 0 Å². The second-order valence-corrected chi connectivity index (χ2v) is 5.96. The molecule has 0 saturated carbocycles. The van der Waals surface area contributed by atoms with E-state index in [1.54, 1.807) is 18.2 Å². The van der Waals surface area contributed by atoms with Crippen molar-refractivity contribution in [3.63, 3.8) is 0 Å². The third-order valence-electron chi connectivity index (χ3n) is 3.88. The molecule has 0 aliphatic rings. The van der Waals surface area contributed by atoms with Crippen LogP contribution in [0.15, 0.2) is 60.7 Å². The van der Waals surface area contributed by atoms with Gasteiger partial charge in [-0.05, 0) is 30.2 Å². The molecule has 1 amide bonds. The number of carbonyl (C=O) groups is 1. The van der Waals surface area contributed by atoms with Crippen LogP contribution >= 0.6 is 11.6 Å². The van der Waals surface area contributed by atoms with Gasteiger partial charge in [-0.25, -0.2) is 0 Å². The lowest BCUT2D eigenvalue weighted by Crippen LogP contribution is -2.28. The van der Waals surface area contributed by atoms with Gasteiger partial charge in [0.1, 0.15) is 5.69 Å². The van der Waals surface area contributed by atoms with E-state index in [0.717, 1.165) is 17.5 Å². The number of rotatable bonds is 5. The van der Waals surface area contributed by atoms with Gasteiger partial charge in [0, 0.05) is 10.6 Å². The molecule has 122 valence electrons. The largest absolute Gasteiger partial charge is 0.344 e. The van der Waals surface area contributed by atoms with Gasteiger partial charge >= 0.3 is 0 Å².